The fourth-order valence-electron chi connectivity index (χ4n) is 2.16. The summed E-state index contributed by atoms with van der Waals surface area (Å²) in [6.07, 6.45) is -1.18. The minimum absolute atomic E-state index is 0.311. The molecule has 1 unspecified atom stereocenters. The van der Waals surface area contributed by atoms with Crippen LogP contribution >= 0.6 is 11.3 Å². The van der Waals surface area contributed by atoms with Crippen molar-refractivity contribution in [3.63, 3.8) is 0 Å². The first kappa shape index (κ1) is 17.2. The number of carbonyl (C=O) groups is 1. The number of rotatable bonds is 4. The maximum Gasteiger partial charge on any atom is 0.416 e. The van der Waals surface area contributed by atoms with Crippen LogP contribution in [-0.2, 0) is 11.0 Å². The lowest BCUT2D eigenvalue weighted by Crippen LogP contribution is -2.23. The molecule has 9 heteroatoms. The topological polar surface area (TPSA) is 59.8 Å². The Morgan fingerprint density at radius 3 is 2.80 bits per heavy atom. The highest BCUT2D eigenvalue weighted by Crippen LogP contribution is 2.33. The molecule has 3 aromatic rings. The predicted octanol–water partition coefficient (Wildman–Crippen LogP) is 4.23. The monoisotopic (exact) mass is 366 g/mol. The summed E-state index contributed by atoms with van der Waals surface area (Å²) in [5.41, 5.74) is -0.0271. The molecule has 0 fully saturated rings. The van der Waals surface area contributed by atoms with Crippen molar-refractivity contribution in [2.45, 2.75) is 19.1 Å². The van der Waals surface area contributed by atoms with Gasteiger partial charge in [-0.1, -0.05) is 12.1 Å². The molecule has 2 aromatic heterocycles. The summed E-state index contributed by atoms with van der Waals surface area (Å²) in [6.45, 7) is 1.68. The van der Waals surface area contributed by atoms with E-state index in [2.05, 4.69) is 15.4 Å². The van der Waals surface area contributed by atoms with E-state index < -0.39 is 17.8 Å². The van der Waals surface area contributed by atoms with Gasteiger partial charge in [0.05, 0.1) is 11.3 Å². The van der Waals surface area contributed by atoms with Gasteiger partial charge in [0.1, 0.15) is 6.04 Å². The Kier molecular flexibility index (Phi) is 4.58. The summed E-state index contributed by atoms with van der Waals surface area (Å²) in [7, 11) is 0. The van der Waals surface area contributed by atoms with Gasteiger partial charge in [-0.05, 0) is 25.1 Å². The summed E-state index contributed by atoms with van der Waals surface area (Å²) in [5.74, 6) is -0.311. The van der Waals surface area contributed by atoms with Gasteiger partial charge in [-0.15, -0.1) is 11.3 Å². The van der Waals surface area contributed by atoms with Crippen molar-refractivity contribution >= 4 is 22.4 Å². The third-order valence-electron chi connectivity index (χ3n) is 3.52. The zero-order chi connectivity index (χ0) is 18.0. The number of amides is 1. The van der Waals surface area contributed by atoms with E-state index in [4.69, 9.17) is 0 Å². The van der Waals surface area contributed by atoms with Gasteiger partial charge in [-0.25, -0.2) is 4.98 Å². The van der Waals surface area contributed by atoms with Crippen molar-refractivity contribution in [3.05, 3.63) is 53.7 Å². The fourth-order valence-corrected chi connectivity index (χ4v) is 2.88. The van der Waals surface area contributed by atoms with Crippen molar-refractivity contribution in [3.8, 4) is 11.3 Å². The number of aromatic nitrogens is 3. The molecular formula is C16H13F3N4OS. The molecule has 0 spiro atoms. The van der Waals surface area contributed by atoms with Gasteiger partial charge in [-0.3, -0.25) is 9.48 Å². The van der Waals surface area contributed by atoms with Crippen LogP contribution in [-0.4, -0.2) is 20.7 Å². The molecule has 0 aliphatic carbocycles. The molecule has 130 valence electrons. The van der Waals surface area contributed by atoms with Gasteiger partial charge in [0.15, 0.2) is 5.13 Å². The second-order valence-electron chi connectivity index (χ2n) is 5.27. The normalized spacial score (nSPS) is 12.8. The van der Waals surface area contributed by atoms with E-state index in [0.717, 1.165) is 23.5 Å². The van der Waals surface area contributed by atoms with E-state index in [-0.39, 0.29) is 5.91 Å². The Morgan fingerprint density at radius 2 is 2.12 bits per heavy atom. The Morgan fingerprint density at radius 1 is 1.32 bits per heavy atom. The highest BCUT2D eigenvalue weighted by molar-refractivity contribution is 7.14. The number of nitrogens with one attached hydrogen (secondary N) is 1. The summed E-state index contributed by atoms with van der Waals surface area (Å²) in [6, 6.07) is 6.09. The van der Waals surface area contributed by atoms with Crippen LogP contribution in [0.1, 0.15) is 18.5 Å². The molecule has 5 nitrogen and oxygen atoms in total. The van der Waals surface area contributed by atoms with E-state index in [1.54, 1.807) is 36.8 Å². The molecule has 1 aromatic carbocycles. The van der Waals surface area contributed by atoms with E-state index in [0.29, 0.717) is 16.4 Å². The van der Waals surface area contributed by atoms with Gasteiger partial charge >= 0.3 is 6.18 Å². The lowest BCUT2D eigenvalue weighted by molar-refractivity contribution is -0.137. The molecule has 0 bridgehead atoms. The molecule has 0 saturated carbocycles. The lowest BCUT2D eigenvalue weighted by Gasteiger charge is -2.10. The minimum atomic E-state index is -4.41. The number of nitrogens with zero attached hydrogens (tertiary/aromatic N) is 3. The summed E-state index contributed by atoms with van der Waals surface area (Å²) >= 11 is 1.15. The second kappa shape index (κ2) is 6.67. The van der Waals surface area contributed by atoms with E-state index >= 15 is 0 Å². The van der Waals surface area contributed by atoms with Crippen LogP contribution in [0.4, 0.5) is 18.3 Å². The maximum atomic E-state index is 12.8. The Balaban J connectivity index is 1.76. The average molecular weight is 366 g/mol. The van der Waals surface area contributed by atoms with Crippen molar-refractivity contribution in [1.82, 2.24) is 14.8 Å². The Bertz CT molecular complexity index is 874. The lowest BCUT2D eigenvalue weighted by atomic mass is 10.1. The highest BCUT2D eigenvalue weighted by Gasteiger charge is 2.30. The number of carbonyl (C=O) groups excluding carboxylic acids is 1. The number of anilines is 1. The number of thiazole rings is 1. The highest BCUT2D eigenvalue weighted by atomic mass is 32.1. The smallest absolute Gasteiger partial charge is 0.300 e. The van der Waals surface area contributed by atoms with Crippen molar-refractivity contribution in [2.75, 3.05) is 5.32 Å². The van der Waals surface area contributed by atoms with Gasteiger partial charge < -0.3 is 5.32 Å². The fraction of sp³-hybridized carbons (Fsp3) is 0.188. The van der Waals surface area contributed by atoms with E-state index in [1.807, 2.05) is 0 Å². The molecule has 0 radical (unpaired) electrons. The molecule has 1 amide bonds. The molecule has 0 saturated heterocycles. The zero-order valence-corrected chi connectivity index (χ0v) is 13.8. The van der Waals surface area contributed by atoms with Crippen molar-refractivity contribution in [2.24, 2.45) is 0 Å². The molecule has 1 N–H and O–H groups in total. The van der Waals surface area contributed by atoms with Gasteiger partial charge in [0.25, 0.3) is 5.91 Å². The van der Waals surface area contributed by atoms with Crippen LogP contribution in [0.2, 0.25) is 0 Å². The van der Waals surface area contributed by atoms with Crippen LogP contribution in [0.5, 0.6) is 0 Å². The molecule has 25 heavy (non-hydrogen) atoms. The number of alkyl halides is 3. The predicted molar refractivity (Wildman–Crippen MR) is 88.1 cm³/mol. The first-order chi connectivity index (χ1) is 11.8. The summed E-state index contributed by atoms with van der Waals surface area (Å²) < 4.78 is 39.9. The molecule has 2 heterocycles. The van der Waals surface area contributed by atoms with Crippen LogP contribution < -0.4 is 5.32 Å². The SMILES string of the molecule is CC(C(=O)Nc1nc(-c2cccc(C(F)(F)F)c2)cs1)n1cccn1. The Labute approximate surface area is 145 Å². The average Bonchev–Trinajstić information content (AvgIpc) is 3.25. The quantitative estimate of drug-likeness (QED) is 0.752. The standard InChI is InChI=1S/C16H13F3N4OS/c1-10(23-7-3-6-20-23)14(24)22-15-21-13(9-25-15)11-4-2-5-12(8-11)16(17,18)19/h2-10H,1H3,(H,21,22,24). The van der Waals surface area contributed by atoms with Crippen LogP contribution in [0.25, 0.3) is 11.3 Å². The molecule has 3 rings (SSSR count). The summed E-state index contributed by atoms with van der Waals surface area (Å²) in [5, 5.41) is 8.56. The van der Waals surface area contributed by atoms with Gasteiger partial charge in [0, 0.05) is 23.3 Å². The van der Waals surface area contributed by atoms with E-state index in [1.165, 1.54) is 10.7 Å². The van der Waals surface area contributed by atoms with Crippen LogP contribution in [0, 0.1) is 0 Å². The number of hydrogen-bond donors (Lipinski definition) is 1. The van der Waals surface area contributed by atoms with Crippen molar-refractivity contribution in [1.29, 1.82) is 0 Å². The third-order valence-corrected chi connectivity index (χ3v) is 4.28. The first-order valence-electron chi connectivity index (χ1n) is 7.28. The second-order valence-corrected chi connectivity index (χ2v) is 6.13. The molecule has 0 aliphatic heterocycles. The maximum absolute atomic E-state index is 12.8. The molecular weight excluding hydrogens is 353 g/mol. The molecule has 0 aliphatic rings. The summed E-state index contributed by atoms with van der Waals surface area (Å²) in [4.78, 5) is 16.4. The van der Waals surface area contributed by atoms with E-state index in [9.17, 15) is 18.0 Å². The number of halogens is 3. The van der Waals surface area contributed by atoms with Crippen LogP contribution in [0.3, 0.4) is 0 Å². The van der Waals surface area contributed by atoms with Crippen molar-refractivity contribution < 1.29 is 18.0 Å². The van der Waals surface area contributed by atoms with Gasteiger partial charge in [-0.2, -0.15) is 18.3 Å². The largest absolute Gasteiger partial charge is 0.416 e. The van der Waals surface area contributed by atoms with Gasteiger partial charge in [0.2, 0.25) is 0 Å². The third kappa shape index (κ3) is 3.87. The number of hydrogen-bond acceptors (Lipinski definition) is 4. The van der Waals surface area contributed by atoms with Crippen LogP contribution in [0.15, 0.2) is 48.1 Å². The Hall–Kier alpha value is -2.68. The number of benzene rings is 1. The minimum Gasteiger partial charge on any atom is -0.300 e. The first-order valence-corrected chi connectivity index (χ1v) is 8.16. The molecule has 1 atom stereocenters. The zero-order valence-electron chi connectivity index (χ0n) is 13.0.